The molecule has 2 aromatic rings. The quantitative estimate of drug-likeness (QED) is 0.0889. The number of hydrogen-bond donors (Lipinski definition) is 0. The van der Waals surface area contributed by atoms with Crippen molar-refractivity contribution in [2.45, 2.75) is 13.1 Å². The Labute approximate surface area is 374 Å². The van der Waals surface area contributed by atoms with Crippen LogP contribution in [0, 0.1) is 0 Å². The molecule has 1 aliphatic rings. The molecule has 0 amide bonds. The first kappa shape index (κ1) is 53.8. The number of benzene rings is 2. The number of methoxy groups -OCH3 is 4. The number of ether oxygens (including phenoxy) is 16. The second-order valence-corrected chi connectivity index (χ2v) is 13.8. The smallest absolute Gasteiger partial charge is 0.123 e. The Morgan fingerprint density at radius 1 is 0.302 bits per heavy atom. The fraction of sp³-hybridized carbons (Fsp3) is 0.689. The molecule has 0 spiro atoms. The maximum atomic E-state index is 6.11. The Hall–Kier alpha value is -3.50. The van der Waals surface area contributed by atoms with Crippen molar-refractivity contribution in [1.29, 1.82) is 0 Å². The molecule has 0 radical (unpaired) electrons. The van der Waals surface area contributed by atoms with Crippen LogP contribution >= 0.6 is 0 Å². The molecular weight excluding hydrogens is 824 g/mol. The Balaban J connectivity index is 1.55. The van der Waals surface area contributed by atoms with Gasteiger partial charge >= 0.3 is 0 Å². The van der Waals surface area contributed by atoms with Gasteiger partial charge in [0.25, 0.3) is 0 Å². The lowest BCUT2D eigenvalue weighted by Crippen LogP contribution is -2.24. The third-order valence-electron chi connectivity index (χ3n) is 8.70. The van der Waals surface area contributed by atoms with E-state index in [1.54, 1.807) is 28.4 Å². The second kappa shape index (κ2) is 37.8. The normalized spacial score (nSPS) is 12.4. The average Bonchev–Trinajstić information content (AvgIpc) is 3.72. The number of hydrogen-bond acceptors (Lipinski definition) is 18. The van der Waals surface area contributed by atoms with Crippen molar-refractivity contribution >= 4 is 0 Å². The van der Waals surface area contributed by atoms with Crippen molar-refractivity contribution in [2.24, 2.45) is 0 Å². The van der Waals surface area contributed by atoms with Crippen LogP contribution in [0.4, 0.5) is 0 Å². The zero-order valence-corrected chi connectivity index (χ0v) is 38.1. The van der Waals surface area contributed by atoms with Crippen LogP contribution in [0.25, 0.3) is 0 Å². The summed E-state index contributed by atoms with van der Waals surface area (Å²) in [5.74, 6) is 2.78. The maximum absolute atomic E-state index is 6.11. The minimum atomic E-state index is 0.383. The van der Waals surface area contributed by atoms with Gasteiger partial charge in [0.05, 0.1) is 139 Å². The van der Waals surface area contributed by atoms with Crippen LogP contribution in [0.3, 0.4) is 0 Å². The highest BCUT2D eigenvalue weighted by atomic mass is 16.6. The molecule has 18 nitrogen and oxygen atoms in total. The van der Waals surface area contributed by atoms with Crippen LogP contribution in [0.5, 0.6) is 23.0 Å². The molecule has 0 N–H and O–H groups in total. The van der Waals surface area contributed by atoms with Crippen molar-refractivity contribution in [2.75, 3.05) is 194 Å². The molecule has 0 fully saturated rings. The fourth-order valence-corrected chi connectivity index (χ4v) is 5.70. The zero-order valence-electron chi connectivity index (χ0n) is 38.1. The number of nitrogens with zero attached hydrogens (tertiary/aromatic N) is 2. The van der Waals surface area contributed by atoms with E-state index in [9.17, 15) is 0 Å². The van der Waals surface area contributed by atoms with Gasteiger partial charge in [-0.2, -0.15) is 0 Å². The van der Waals surface area contributed by atoms with Gasteiger partial charge in [-0.1, -0.05) is 0 Å². The van der Waals surface area contributed by atoms with Crippen LogP contribution in [-0.2, 0) is 69.9 Å². The molecule has 0 saturated carbocycles. The first-order valence-electron chi connectivity index (χ1n) is 21.7. The third kappa shape index (κ3) is 28.1. The average molecular weight is 899 g/mol. The molecule has 0 unspecified atom stereocenters. The zero-order chi connectivity index (χ0) is 44.7. The van der Waals surface area contributed by atoms with E-state index < -0.39 is 0 Å². The molecule has 0 bridgehead atoms. The van der Waals surface area contributed by atoms with Gasteiger partial charge in [0.15, 0.2) is 0 Å². The molecule has 360 valence electrons. The van der Waals surface area contributed by atoms with Gasteiger partial charge in [0.2, 0.25) is 0 Å². The van der Waals surface area contributed by atoms with Crippen molar-refractivity contribution in [1.82, 2.24) is 9.80 Å². The van der Waals surface area contributed by atoms with Gasteiger partial charge < -0.3 is 85.6 Å². The fourth-order valence-electron chi connectivity index (χ4n) is 5.70. The predicted octanol–water partition coefficient (Wildman–Crippen LogP) is 3.67. The number of rotatable bonds is 44. The van der Waals surface area contributed by atoms with Gasteiger partial charge in [-0.25, -0.2) is 0 Å². The van der Waals surface area contributed by atoms with Gasteiger partial charge in [-0.15, -0.1) is 0 Å². The minimum Gasteiger partial charge on any atom is -0.491 e. The molecule has 0 saturated heterocycles. The topological polar surface area (TPSA) is 154 Å². The van der Waals surface area contributed by atoms with Crippen LogP contribution in [0.1, 0.15) is 11.1 Å². The SMILES string of the molecule is COCCOCCOCCOc1cc(CN2C=CN(Cc3cc(OCCOCCOCCOC)cc(OCCOCCOCCOC)c3)C2)cc(OCCOCCOCCOC)c1. The van der Waals surface area contributed by atoms with Crippen molar-refractivity contribution in [3.05, 3.63) is 59.9 Å². The molecule has 0 aromatic heterocycles. The molecule has 1 aliphatic heterocycles. The van der Waals surface area contributed by atoms with E-state index >= 15 is 0 Å². The first-order chi connectivity index (χ1) is 31.1. The Morgan fingerprint density at radius 3 is 0.762 bits per heavy atom. The minimum absolute atomic E-state index is 0.383. The highest BCUT2D eigenvalue weighted by Crippen LogP contribution is 2.27. The van der Waals surface area contributed by atoms with Gasteiger partial charge in [-0.05, 0) is 35.4 Å². The lowest BCUT2D eigenvalue weighted by Gasteiger charge is -2.23. The van der Waals surface area contributed by atoms with E-state index in [1.165, 1.54) is 0 Å². The van der Waals surface area contributed by atoms with Crippen LogP contribution in [0.15, 0.2) is 48.8 Å². The van der Waals surface area contributed by atoms with Gasteiger partial charge in [-0.3, -0.25) is 0 Å². The summed E-state index contributed by atoms with van der Waals surface area (Å²) in [7, 11) is 6.59. The lowest BCUT2D eigenvalue weighted by molar-refractivity contribution is 0.0174. The molecule has 2 aromatic carbocycles. The van der Waals surface area contributed by atoms with Crippen LogP contribution in [-0.4, -0.2) is 203 Å². The van der Waals surface area contributed by atoms with E-state index in [1.807, 2.05) is 36.4 Å². The van der Waals surface area contributed by atoms with E-state index in [0.29, 0.717) is 201 Å². The summed E-state index contributed by atoms with van der Waals surface area (Å²) in [6.07, 6.45) is 4.17. The molecule has 18 heteroatoms. The Morgan fingerprint density at radius 2 is 0.524 bits per heavy atom. The highest BCUT2D eigenvalue weighted by Gasteiger charge is 2.16. The maximum Gasteiger partial charge on any atom is 0.123 e. The molecular formula is C45H74N2O16. The van der Waals surface area contributed by atoms with Gasteiger partial charge in [0, 0.05) is 66.1 Å². The Kier molecular flexibility index (Phi) is 32.3. The molecule has 3 rings (SSSR count). The summed E-state index contributed by atoms with van der Waals surface area (Å²) >= 11 is 0. The van der Waals surface area contributed by atoms with Crippen molar-refractivity contribution in [3.63, 3.8) is 0 Å². The van der Waals surface area contributed by atoms with Gasteiger partial charge in [0.1, 0.15) is 49.4 Å². The Bertz CT molecular complexity index is 1230. The van der Waals surface area contributed by atoms with Crippen LogP contribution in [0.2, 0.25) is 0 Å². The molecule has 0 aliphatic carbocycles. The lowest BCUT2D eigenvalue weighted by atomic mass is 10.2. The third-order valence-corrected chi connectivity index (χ3v) is 8.70. The van der Waals surface area contributed by atoms with E-state index in [2.05, 4.69) is 22.2 Å². The standard InChI is InChI=1S/C45H74N2O16/c1-48-7-11-52-15-19-56-23-27-60-42-31-40(32-43(35-42)61-28-24-57-20-16-53-12-8-49-2)37-46-5-6-47(39-46)38-41-33-44(62-29-25-58-21-17-54-13-9-50-3)36-45(34-41)63-30-26-59-22-18-55-14-10-51-4/h5-6,31-36H,7-30,37-39H2,1-4H3. The molecule has 0 atom stereocenters. The second-order valence-electron chi connectivity index (χ2n) is 13.8. The van der Waals surface area contributed by atoms with E-state index in [4.69, 9.17) is 75.8 Å². The summed E-state index contributed by atoms with van der Waals surface area (Å²) in [5, 5.41) is 0. The highest BCUT2D eigenvalue weighted by molar-refractivity contribution is 5.40. The largest absolute Gasteiger partial charge is 0.491 e. The summed E-state index contributed by atoms with van der Waals surface area (Å²) in [6, 6.07) is 11.9. The summed E-state index contributed by atoms with van der Waals surface area (Å²) in [5.41, 5.74) is 2.07. The van der Waals surface area contributed by atoms with E-state index in [-0.39, 0.29) is 0 Å². The van der Waals surface area contributed by atoms with Crippen LogP contribution < -0.4 is 18.9 Å². The first-order valence-corrected chi connectivity index (χ1v) is 21.7. The molecule has 63 heavy (non-hydrogen) atoms. The molecule has 1 heterocycles. The monoisotopic (exact) mass is 899 g/mol. The van der Waals surface area contributed by atoms with E-state index in [0.717, 1.165) is 11.1 Å². The summed E-state index contributed by atoms with van der Waals surface area (Å²) in [4.78, 5) is 4.46. The summed E-state index contributed by atoms with van der Waals surface area (Å²) in [6.45, 7) is 13.4. The predicted molar refractivity (Wildman–Crippen MR) is 234 cm³/mol. The van der Waals surface area contributed by atoms with Crippen molar-refractivity contribution < 1.29 is 75.8 Å². The summed E-state index contributed by atoms with van der Waals surface area (Å²) < 4.78 is 89.1. The van der Waals surface area contributed by atoms with Crippen molar-refractivity contribution in [3.8, 4) is 23.0 Å².